The van der Waals surface area contributed by atoms with Crippen molar-refractivity contribution in [3.05, 3.63) is 45.7 Å². The average molecular weight is 332 g/mol. The standard InChI is InChI=1S/C15H12FN3O3S/c1-22-9-4-2-8(3-5-9)19-15(21)12-10(7-23-14(12)17)13(18-19)11(20)6-16/h2-5,7H,6,17H2,1H3/i16-1. The molecule has 3 aromatic rings. The molecule has 0 spiro atoms. The Kier molecular flexibility index (Phi) is 3.83. The minimum absolute atomic E-state index is 0.106. The summed E-state index contributed by atoms with van der Waals surface area (Å²) < 4.78 is 18.9. The number of ether oxygens (including phenoxy) is 1. The van der Waals surface area contributed by atoms with Crippen molar-refractivity contribution in [3.8, 4) is 11.4 Å². The third-order valence-electron chi connectivity index (χ3n) is 3.38. The number of methoxy groups -OCH3 is 1. The molecule has 2 N–H and O–H groups in total. The number of carbonyl (C=O) groups is 1. The summed E-state index contributed by atoms with van der Waals surface area (Å²) in [6.07, 6.45) is 0. The van der Waals surface area contributed by atoms with Gasteiger partial charge in [0.25, 0.3) is 5.56 Å². The molecule has 0 aliphatic heterocycles. The summed E-state index contributed by atoms with van der Waals surface area (Å²) in [7, 11) is 1.52. The summed E-state index contributed by atoms with van der Waals surface area (Å²) in [5, 5.41) is 6.30. The van der Waals surface area contributed by atoms with Gasteiger partial charge >= 0.3 is 0 Å². The van der Waals surface area contributed by atoms with E-state index in [1.165, 1.54) is 7.11 Å². The topological polar surface area (TPSA) is 87.2 Å². The molecule has 0 saturated heterocycles. The number of hydrogen-bond donors (Lipinski definition) is 1. The molecule has 0 unspecified atom stereocenters. The SMILES string of the molecule is COc1ccc(-n2nc(C(=O)C[18F])c3csc(N)c3c2=O)cc1. The molecule has 6 nitrogen and oxygen atoms in total. The highest BCUT2D eigenvalue weighted by Crippen LogP contribution is 2.27. The lowest BCUT2D eigenvalue weighted by molar-refractivity contribution is 0.0954. The van der Waals surface area contributed by atoms with Crippen molar-refractivity contribution in [1.29, 1.82) is 0 Å². The van der Waals surface area contributed by atoms with Crippen LogP contribution in [0.2, 0.25) is 0 Å². The molecular formula is C15H12FN3O3S. The van der Waals surface area contributed by atoms with E-state index in [0.717, 1.165) is 16.0 Å². The second kappa shape index (κ2) is 5.81. The summed E-state index contributed by atoms with van der Waals surface area (Å²) in [6, 6.07) is 6.54. The number of halogens is 1. The molecule has 0 saturated carbocycles. The number of benzene rings is 1. The first kappa shape index (κ1) is 15.2. The van der Waals surface area contributed by atoms with Crippen LogP contribution in [0.1, 0.15) is 10.5 Å². The number of carbonyl (C=O) groups excluding carboxylic acids is 1. The van der Waals surface area contributed by atoms with Gasteiger partial charge in [0.05, 0.1) is 23.2 Å². The Morgan fingerprint density at radius 2 is 2.09 bits per heavy atom. The Morgan fingerprint density at radius 3 is 2.70 bits per heavy atom. The van der Waals surface area contributed by atoms with Gasteiger partial charge in [-0.15, -0.1) is 11.3 Å². The van der Waals surface area contributed by atoms with Gasteiger partial charge in [0.2, 0.25) is 5.78 Å². The summed E-state index contributed by atoms with van der Waals surface area (Å²) in [5.74, 6) is -0.187. The van der Waals surface area contributed by atoms with Crippen LogP contribution in [0.25, 0.3) is 16.5 Å². The molecule has 2 heterocycles. The number of nitrogens with two attached hydrogens (primary N) is 1. The molecule has 23 heavy (non-hydrogen) atoms. The monoisotopic (exact) mass is 332 g/mol. The van der Waals surface area contributed by atoms with E-state index in [-0.39, 0.29) is 21.5 Å². The van der Waals surface area contributed by atoms with E-state index in [0.29, 0.717) is 11.4 Å². The first-order chi connectivity index (χ1) is 11.1. The number of thiophene rings is 1. The van der Waals surface area contributed by atoms with Crippen molar-refractivity contribution in [1.82, 2.24) is 9.78 Å². The molecule has 118 valence electrons. The fourth-order valence-corrected chi connectivity index (χ4v) is 3.03. The number of alkyl halides is 1. The molecule has 0 fully saturated rings. The summed E-state index contributed by atoms with van der Waals surface area (Å²) in [6.45, 7) is -1.20. The zero-order valence-electron chi connectivity index (χ0n) is 12.1. The zero-order chi connectivity index (χ0) is 16.6. The smallest absolute Gasteiger partial charge is 0.282 e. The lowest BCUT2D eigenvalue weighted by Crippen LogP contribution is -2.24. The van der Waals surface area contributed by atoms with Crippen molar-refractivity contribution in [2.45, 2.75) is 0 Å². The highest BCUT2D eigenvalue weighted by molar-refractivity contribution is 7.15. The molecule has 0 atom stereocenters. The Balaban J connectivity index is 2.31. The van der Waals surface area contributed by atoms with E-state index in [1.54, 1.807) is 29.6 Å². The predicted molar refractivity (Wildman–Crippen MR) is 86.5 cm³/mol. The molecule has 0 bridgehead atoms. The van der Waals surface area contributed by atoms with Gasteiger partial charge in [-0.1, -0.05) is 0 Å². The third-order valence-corrected chi connectivity index (χ3v) is 4.19. The maximum Gasteiger partial charge on any atom is 0.282 e. The van der Waals surface area contributed by atoms with E-state index in [1.807, 2.05) is 0 Å². The van der Waals surface area contributed by atoms with E-state index < -0.39 is 18.0 Å². The van der Waals surface area contributed by atoms with Crippen molar-refractivity contribution in [2.75, 3.05) is 19.5 Å². The number of anilines is 1. The van der Waals surface area contributed by atoms with Crippen molar-refractivity contribution in [3.63, 3.8) is 0 Å². The quantitative estimate of drug-likeness (QED) is 0.740. The van der Waals surface area contributed by atoms with E-state index in [4.69, 9.17) is 10.5 Å². The molecule has 8 heteroatoms. The Hall–Kier alpha value is -2.74. The first-order valence-electron chi connectivity index (χ1n) is 6.60. The fraction of sp³-hybridized carbons (Fsp3) is 0.133. The lowest BCUT2D eigenvalue weighted by Gasteiger charge is -2.08. The van der Waals surface area contributed by atoms with Crippen LogP contribution in [0.3, 0.4) is 0 Å². The van der Waals surface area contributed by atoms with Gasteiger partial charge < -0.3 is 10.5 Å². The second-order valence-electron chi connectivity index (χ2n) is 4.71. The zero-order valence-corrected chi connectivity index (χ0v) is 12.9. The lowest BCUT2D eigenvalue weighted by atomic mass is 10.1. The molecule has 2 aromatic heterocycles. The van der Waals surface area contributed by atoms with Gasteiger partial charge in [0, 0.05) is 10.8 Å². The number of fused-ring (bicyclic) bond motifs is 1. The molecule has 0 radical (unpaired) electrons. The van der Waals surface area contributed by atoms with Crippen LogP contribution < -0.4 is 16.0 Å². The van der Waals surface area contributed by atoms with Crippen molar-refractivity contribution >= 4 is 32.9 Å². The van der Waals surface area contributed by atoms with Gasteiger partial charge in [0.1, 0.15) is 11.4 Å². The maximum atomic E-state index is 12.8. The van der Waals surface area contributed by atoms with E-state index in [2.05, 4.69) is 5.10 Å². The van der Waals surface area contributed by atoms with Crippen LogP contribution in [0.15, 0.2) is 34.4 Å². The highest BCUT2D eigenvalue weighted by atomic mass is 32.1. The van der Waals surface area contributed by atoms with Crippen LogP contribution in [-0.2, 0) is 0 Å². The Labute approximate surface area is 133 Å². The summed E-state index contributed by atoms with van der Waals surface area (Å²) >= 11 is 1.11. The number of aromatic nitrogens is 2. The van der Waals surface area contributed by atoms with Crippen molar-refractivity contribution < 1.29 is 13.9 Å². The number of Topliss-reactive ketones (excluding diaryl/α,β-unsaturated/α-hetero) is 1. The summed E-state index contributed by atoms with van der Waals surface area (Å²) in [4.78, 5) is 24.4. The number of ketones is 1. The van der Waals surface area contributed by atoms with Gasteiger partial charge in [-0.05, 0) is 24.3 Å². The second-order valence-corrected chi connectivity index (χ2v) is 5.62. The van der Waals surface area contributed by atoms with Crippen LogP contribution >= 0.6 is 11.3 Å². The fourth-order valence-electron chi connectivity index (χ4n) is 2.24. The van der Waals surface area contributed by atoms with Crippen LogP contribution in [0.4, 0.5) is 9.39 Å². The van der Waals surface area contributed by atoms with Crippen LogP contribution in [-0.4, -0.2) is 29.3 Å². The van der Waals surface area contributed by atoms with Gasteiger partial charge in [-0.3, -0.25) is 9.59 Å². The number of rotatable bonds is 4. The molecule has 3 rings (SSSR count). The number of nitrogen functional groups attached to an aromatic ring is 1. The predicted octanol–water partition coefficient (Wildman–Crippen LogP) is 2.19. The van der Waals surface area contributed by atoms with Gasteiger partial charge in [-0.25, -0.2) is 4.39 Å². The molecule has 0 aliphatic carbocycles. The molecule has 0 amide bonds. The number of nitrogens with zero attached hydrogens (tertiary/aromatic N) is 2. The van der Waals surface area contributed by atoms with Crippen LogP contribution in [0, 0.1) is 0 Å². The van der Waals surface area contributed by atoms with Gasteiger partial charge in [-0.2, -0.15) is 9.78 Å². The first-order valence-corrected chi connectivity index (χ1v) is 7.48. The van der Waals surface area contributed by atoms with Gasteiger partial charge in [0.15, 0.2) is 6.67 Å². The number of hydrogen-bond acceptors (Lipinski definition) is 6. The van der Waals surface area contributed by atoms with Crippen LogP contribution in [0.5, 0.6) is 5.75 Å². The Bertz CT molecular complexity index is 947. The third kappa shape index (κ3) is 2.46. The molecule has 0 aliphatic rings. The molecular weight excluding hydrogens is 320 g/mol. The van der Waals surface area contributed by atoms with E-state index in [9.17, 15) is 14.0 Å². The largest absolute Gasteiger partial charge is 0.497 e. The van der Waals surface area contributed by atoms with Crippen molar-refractivity contribution in [2.24, 2.45) is 0 Å². The Morgan fingerprint density at radius 1 is 1.39 bits per heavy atom. The summed E-state index contributed by atoms with van der Waals surface area (Å²) in [5.41, 5.74) is 5.69. The highest BCUT2D eigenvalue weighted by Gasteiger charge is 2.20. The van der Waals surface area contributed by atoms with E-state index >= 15 is 0 Å². The maximum absolute atomic E-state index is 12.8. The molecule has 1 aromatic carbocycles. The minimum Gasteiger partial charge on any atom is -0.497 e. The normalized spacial score (nSPS) is 10.9. The minimum atomic E-state index is -1.20. The average Bonchev–Trinajstić information content (AvgIpc) is 2.97.